The van der Waals surface area contributed by atoms with Gasteiger partial charge >= 0.3 is 11.9 Å². The van der Waals surface area contributed by atoms with Crippen molar-refractivity contribution in [3.8, 4) is 0 Å². The van der Waals surface area contributed by atoms with Crippen molar-refractivity contribution in [2.45, 2.75) is 108 Å². The van der Waals surface area contributed by atoms with E-state index in [0.717, 1.165) is 32.1 Å². The number of nitrogens with zero attached hydrogens (tertiary/aromatic N) is 6. The van der Waals surface area contributed by atoms with Gasteiger partial charge in [0.25, 0.3) is 0 Å². The minimum atomic E-state index is -0.719. The third-order valence-corrected chi connectivity index (χ3v) is 6.08. The van der Waals surface area contributed by atoms with E-state index in [9.17, 15) is 9.59 Å². The highest BCUT2D eigenvalue weighted by Gasteiger charge is 2.26. The van der Waals surface area contributed by atoms with Gasteiger partial charge in [-0.3, -0.25) is 9.59 Å². The van der Waals surface area contributed by atoms with E-state index in [-0.39, 0.29) is 37.2 Å². The van der Waals surface area contributed by atoms with Gasteiger partial charge in [0.1, 0.15) is 33.3 Å². The minimum absolute atomic E-state index is 0.111. The summed E-state index contributed by atoms with van der Waals surface area (Å²) in [7, 11) is 0. The normalized spacial score (nSPS) is 13.9. The third-order valence-electron chi connectivity index (χ3n) is 5.44. The van der Waals surface area contributed by atoms with Gasteiger partial charge in [0.2, 0.25) is 0 Å². The predicted octanol–water partition coefficient (Wildman–Crippen LogP) is 5.08. The molecule has 2 unspecified atom stereocenters. The highest BCUT2D eigenvalue weighted by molar-refractivity contribution is 9.10. The quantitative estimate of drug-likeness (QED) is 0.163. The van der Waals surface area contributed by atoms with Crippen molar-refractivity contribution in [3.63, 3.8) is 0 Å². The van der Waals surface area contributed by atoms with Gasteiger partial charge in [0.15, 0.2) is 0 Å². The molecule has 0 fully saturated rings. The monoisotopic (exact) mass is 618 g/mol. The second-order valence-corrected chi connectivity index (χ2v) is 13.8. The Morgan fingerprint density at radius 2 is 1.17 bits per heavy atom. The number of halogens is 2. The Hall–Kier alpha value is -1.82. The fourth-order valence-electron chi connectivity index (χ4n) is 3.13. The molecule has 2 atom stereocenters. The summed E-state index contributed by atoms with van der Waals surface area (Å²) in [5.41, 5.74) is 1.27. The predicted molar refractivity (Wildman–Crippen MR) is 138 cm³/mol. The Balaban J connectivity index is 1.66. The molecule has 0 aliphatic rings. The lowest BCUT2D eigenvalue weighted by atomic mass is 10.1. The van der Waals surface area contributed by atoms with E-state index in [1.807, 2.05) is 21.8 Å². The lowest BCUT2D eigenvalue weighted by Crippen LogP contribution is -2.26. The van der Waals surface area contributed by atoms with Crippen molar-refractivity contribution >= 4 is 43.8 Å². The minimum Gasteiger partial charge on any atom is -0.458 e. The number of rotatable bonds is 14. The van der Waals surface area contributed by atoms with Crippen LogP contribution in [0.3, 0.4) is 0 Å². The summed E-state index contributed by atoms with van der Waals surface area (Å²) < 4.78 is 12.7. The molecule has 0 N–H and O–H groups in total. The van der Waals surface area contributed by atoms with Crippen LogP contribution < -0.4 is 0 Å². The number of hydrogen-bond acceptors (Lipinski definition) is 8. The Kier molecular flexibility index (Phi) is 10.9. The first-order valence-corrected chi connectivity index (χ1v) is 13.4. The van der Waals surface area contributed by atoms with E-state index in [2.05, 4.69) is 66.3 Å². The van der Waals surface area contributed by atoms with Crippen LogP contribution in [0.2, 0.25) is 0 Å². The number of ether oxygens (including phenoxy) is 2. The summed E-state index contributed by atoms with van der Waals surface area (Å²) in [6, 6.07) is 0.421. The van der Waals surface area contributed by atoms with Gasteiger partial charge in [-0.25, -0.2) is 9.36 Å². The van der Waals surface area contributed by atoms with E-state index >= 15 is 0 Å². The molecular formula is C23H36Br2N6O4. The topological polar surface area (TPSA) is 114 Å². The first kappa shape index (κ1) is 29.4. The number of carbonyl (C=O) groups is 2. The van der Waals surface area contributed by atoms with E-state index in [1.54, 1.807) is 27.7 Å². The molecule has 196 valence electrons. The SMILES string of the molecule is CC(CCCCCC(C)n1cc(COC(=O)C(C)(C)Br)nn1)n1cc(COC(=O)C(C)(C)Br)nn1. The molecule has 2 aromatic rings. The first-order valence-electron chi connectivity index (χ1n) is 11.8. The molecule has 0 aliphatic carbocycles. The van der Waals surface area contributed by atoms with Gasteiger partial charge in [-0.2, -0.15) is 0 Å². The van der Waals surface area contributed by atoms with E-state index in [0.29, 0.717) is 11.4 Å². The summed E-state index contributed by atoms with van der Waals surface area (Å²) in [4.78, 5) is 23.7. The summed E-state index contributed by atoms with van der Waals surface area (Å²) in [6.07, 6.45) is 8.85. The smallest absolute Gasteiger partial charge is 0.322 e. The van der Waals surface area contributed by atoms with Gasteiger partial charge in [0, 0.05) is 0 Å². The summed E-state index contributed by atoms with van der Waals surface area (Å²) >= 11 is 6.57. The maximum atomic E-state index is 11.9. The number of unbranched alkanes of at least 4 members (excludes halogenated alkanes) is 2. The molecule has 2 aromatic heterocycles. The van der Waals surface area contributed by atoms with Gasteiger partial charge in [-0.15, -0.1) is 10.2 Å². The van der Waals surface area contributed by atoms with Crippen LogP contribution in [0.15, 0.2) is 12.4 Å². The molecule has 12 heteroatoms. The van der Waals surface area contributed by atoms with Crippen LogP contribution in [0.1, 0.15) is 97.1 Å². The third kappa shape index (κ3) is 9.98. The van der Waals surface area contributed by atoms with Crippen molar-refractivity contribution in [3.05, 3.63) is 23.8 Å². The Bertz CT molecular complexity index is 888. The zero-order valence-electron chi connectivity index (χ0n) is 21.3. The number of aromatic nitrogens is 6. The molecule has 0 bridgehead atoms. The number of carbonyl (C=O) groups excluding carboxylic acids is 2. The number of esters is 2. The number of alkyl halides is 2. The van der Waals surface area contributed by atoms with Crippen LogP contribution in [0.4, 0.5) is 0 Å². The van der Waals surface area contributed by atoms with Crippen LogP contribution >= 0.6 is 31.9 Å². The van der Waals surface area contributed by atoms with E-state index < -0.39 is 8.65 Å². The van der Waals surface area contributed by atoms with Crippen molar-refractivity contribution in [1.82, 2.24) is 30.0 Å². The van der Waals surface area contributed by atoms with Crippen LogP contribution in [0.5, 0.6) is 0 Å². The highest BCUT2D eigenvalue weighted by atomic mass is 79.9. The van der Waals surface area contributed by atoms with Crippen molar-refractivity contribution in [2.24, 2.45) is 0 Å². The maximum Gasteiger partial charge on any atom is 0.322 e. The average Bonchev–Trinajstić information content (AvgIpc) is 3.43. The maximum absolute atomic E-state index is 11.9. The van der Waals surface area contributed by atoms with Gasteiger partial charge in [-0.1, -0.05) is 61.5 Å². The summed E-state index contributed by atoms with van der Waals surface area (Å²) in [5, 5.41) is 16.6. The standard InChI is InChI=1S/C23H36Br2N6O4/c1-16(30-12-18(26-28-30)14-34-20(32)22(3,4)24)10-8-7-9-11-17(2)31-13-19(27-29-31)15-35-21(33)23(5,6)25/h12-13,16-17H,7-11,14-15H2,1-6H3. The second kappa shape index (κ2) is 12.9. The van der Waals surface area contributed by atoms with Crippen LogP contribution in [-0.2, 0) is 32.3 Å². The largest absolute Gasteiger partial charge is 0.458 e. The molecule has 0 radical (unpaired) electrons. The molecular weight excluding hydrogens is 584 g/mol. The highest BCUT2D eigenvalue weighted by Crippen LogP contribution is 2.21. The van der Waals surface area contributed by atoms with E-state index in [1.165, 1.54) is 0 Å². The molecule has 0 aliphatic heterocycles. The van der Waals surface area contributed by atoms with E-state index in [4.69, 9.17) is 9.47 Å². The molecule has 35 heavy (non-hydrogen) atoms. The molecule has 0 saturated heterocycles. The molecule has 0 spiro atoms. The zero-order chi connectivity index (χ0) is 26.2. The Morgan fingerprint density at radius 1 is 0.800 bits per heavy atom. The summed E-state index contributed by atoms with van der Waals surface area (Å²) in [6.45, 7) is 11.4. The van der Waals surface area contributed by atoms with Crippen LogP contribution in [-0.4, -0.2) is 50.6 Å². The number of hydrogen-bond donors (Lipinski definition) is 0. The van der Waals surface area contributed by atoms with Gasteiger partial charge in [0.05, 0.1) is 24.5 Å². The molecule has 2 heterocycles. The molecule has 10 nitrogen and oxygen atoms in total. The second-order valence-electron chi connectivity index (χ2n) is 9.81. The van der Waals surface area contributed by atoms with Crippen molar-refractivity contribution in [1.29, 1.82) is 0 Å². The molecule has 0 aromatic carbocycles. The van der Waals surface area contributed by atoms with Gasteiger partial charge < -0.3 is 9.47 Å². The van der Waals surface area contributed by atoms with Crippen LogP contribution in [0.25, 0.3) is 0 Å². The van der Waals surface area contributed by atoms with Crippen molar-refractivity contribution < 1.29 is 19.1 Å². The average molecular weight is 620 g/mol. The van der Waals surface area contributed by atoms with Crippen molar-refractivity contribution in [2.75, 3.05) is 0 Å². The fourth-order valence-corrected chi connectivity index (χ4v) is 3.36. The Labute approximate surface area is 223 Å². The van der Waals surface area contributed by atoms with Gasteiger partial charge in [-0.05, 0) is 54.4 Å². The lowest BCUT2D eigenvalue weighted by Gasteiger charge is -2.14. The molecule has 0 saturated carbocycles. The first-order chi connectivity index (χ1) is 16.3. The summed E-state index contributed by atoms with van der Waals surface area (Å²) in [5.74, 6) is -0.669. The fraction of sp³-hybridized carbons (Fsp3) is 0.739. The Morgan fingerprint density at radius 3 is 1.51 bits per heavy atom. The zero-order valence-corrected chi connectivity index (χ0v) is 24.5. The van der Waals surface area contributed by atoms with Crippen LogP contribution in [0, 0.1) is 0 Å². The lowest BCUT2D eigenvalue weighted by molar-refractivity contribution is -0.147. The molecule has 0 amide bonds. The molecule has 2 rings (SSSR count).